The Labute approximate surface area is 120 Å². The summed E-state index contributed by atoms with van der Waals surface area (Å²) in [7, 11) is 0. The number of hydrogen-bond donors (Lipinski definition) is 2. The van der Waals surface area contributed by atoms with Gasteiger partial charge in [-0.25, -0.2) is 0 Å². The molecule has 0 saturated carbocycles. The average Bonchev–Trinajstić information content (AvgIpc) is 2.43. The van der Waals surface area contributed by atoms with Crippen molar-refractivity contribution in [3.63, 3.8) is 0 Å². The van der Waals surface area contributed by atoms with E-state index < -0.39 is 0 Å². The third kappa shape index (κ3) is 3.87. The summed E-state index contributed by atoms with van der Waals surface area (Å²) in [5.41, 5.74) is 8.03. The van der Waals surface area contributed by atoms with Crippen molar-refractivity contribution in [2.45, 2.75) is 13.8 Å². The van der Waals surface area contributed by atoms with E-state index in [0.717, 1.165) is 38.5 Å². The molecule has 5 nitrogen and oxygen atoms in total. The first-order chi connectivity index (χ1) is 9.56. The van der Waals surface area contributed by atoms with Gasteiger partial charge in [0, 0.05) is 32.7 Å². The predicted octanol–water partition coefficient (Wildman–Crippen LogP) is 1.19. The fraction of sp³-hybridized carbons (Fsp3) is 0.533. The van der Waals surface area contributed by atoms with Gasteiger partial charge >= 0.3 is 0 Å². The number of hydrogen-bond acceptors (Lipinski definition) is 3. The normalized spacial score (nSPS) is 16.2. The molecule has 2 rings (SSSR count). The highest BCUT2D eigenvalue weighted by Crippen LogP contribution is 2.16. The molecule has 20 heavy (non-hydrogen) atoms. The van der Waals surface area contributed by atoms with Crippen molar-refractivity contribution in [2.75, 3.05) is 39.3 Å². The van der Waals surface area contributed by atoms with Crippen molar-refractivity contribution in [3.05, 3.63) is 29.3 Å². The molecule has 0 spiro atoms. The summed E-state index contributed by atoms with van der Waals surface area (Å²) in [6, 6.07) is 6.20. The first kappa shape index (κ1) is 14.7. The maximum absolute atomic E-state index is 7.40. The van der Waals surface area contributed by atoms with Crippen LogP contribution in [0.1, 0.15) is 11.1 Å². The highest BCUT2D eigenvalue weighted by atomic mass is 16.5. The molecule has 1 aromatic rings. The zero-order valence-electron chi connectivity index (χ0n) is 12.4. The van der Waals surface area contributed by atoms with Crippen molar-refractivity contribution in [3.8, 4) is 5.75 Å². The molecule has 5 heteroatoms. The number of nitrogens with zero attached hydrogens (tertiary/aromatic N) is 2. The number of rotatable bonds is 4. The maximum atomic E-state index is 7.40. The van der Waals surface area contributed by atoms with E-state index in [1.54, 1.807) is 0 Å². The Morgan fingerprint density at radius 3 is 2.50 bits per heavy atom. The summed E-state index contributed by atoms with van der Waals surface area (Å²) in [5, 5.41) is 7.40. The van der Waals surface area contributed by atoms with Gasteiger partial charge in [-0.1, -0.05) is 6.07 Å². The Hall–Kier alpha value is -1.75. The van der Waals surface area contributed by atoms with Crippen LogP contribution in [0.3, 0.4) is 0 Å². The number of nitrogens with two attached hydrogens (primary N) is 1. The zero-order chi connectivity index (χ0) is 14.5. The largest absolute Gasteiger partial charge is 0.492 e. The molecular weight excluding hydrogens is 252 g/mol. The summed E-state index contributed by atoms with van der Waals surface area (Å²) in [6.07, 6.45) is 0. The van der Waals surface area contributed by atoms with Crippen LogP contribution >= 0.6 is 0 Å². The molecule has 0 bridgehead atoms. The lowest BCUT2D eigenvalue weighted by Gasteiger charge is -2.34. The van der Waals surface area contributed by atoms with Crippen molar-refractivity contribution in [1.82, 2.24) is 9.80 Å². The van der Waals surface area contributed by atoms with Gasteiger partial charge in [-0.05, 0) is 37.1 Å². The topological polar surface area (TPSA) is 65.6 Å². The van der Waals surface area contributed by atoms with Crippen molar-refractivity contribution in [1.29, 1.82) is 5.41 Å². The van der Waals surface area contributed by atoms with E-state index in [0.29, 0.717) is 6.61 Å². The molecule has 0 atom stereocenters. The van der Waals surface area contributed by atoms with Crippen LogP contribution in [0.25, 0.3) is 0 Å². The van der Waals surface area contributed by atoms with Gasteiger partial charge < -0.3 is 15.4 Å². The highest BCUT2D eigenvalue weighted by molar-refractivity contribution is 5.74. The lowest BCUT2D eigenvalue weighted by atomic mass is 10.1. The van der Waals surface area contributed by atoms with Gasteiger partial charge in [0.05, 0.1) is 0 Å². The first-order valence-corrected chi connectivity index (χ1v) is 7.07. The van der Waals surface area contributed by atoms with Crippen LogP contribution in [0, 0.1) is 19.3 Å². The van der Waals surface area contributed by atoms with Crippen LogP contribution in [0.15, 0.2) is 18.2 Å². The average molecular weight is 276 g/mol. The molecule has 0 amide bonds. The lowest BCUT2D eigenvalue weighted by Crippen LogP contribution is -2.51. The summed E-state index contributed by atoms with van der Waals surface area (Å²) in [6.45, 7) is 9.36. The van der Waals surface area contributed by atoms with E-state index in [1.165, 1.54) is 11.1 Å². The number of ether oxygens (including phenoxy) is 1. The first-order valence-electron chi connectivity index (χ1n) is 7.07. The van der Waals surface area contributed by atoms with Crippen LogP contribution in [0.4, 0.5) is 0 Å². The monoisotopic (exact) mass is 276 g/mol. The van der Waals surface area contributed by atoms with Gasteiger partial charge in [0.15, 0.2) is 5.96 Å². The SMILES string of the molecule is Cc1ccc(OCCN2CCN(C(=N)N)CC2)cc1C. The fourth-order valence-corrected chi connectivity index (χ4v) is 2.31. The number of piperazine rings is 1. The molecule has 0 radical (unpaired) electrons. The Morgan fingerprint density at radius 2 is 1.90 bits per heavy atom. The molecule has 1 aliphatic rings. The Morgan fingerprint density at radius 1 is 1.20 bits per heavy atom. The van der Waals surface area contributed by atoms with Crippen LogP contribution in [-0.2, 0) is 0 Å². The molecule has 1 saturated heterocycles. The quantitative estimate of drug-likeness (QED) is 0.640. The minimum atomic E-state index is 0.177. The van der Waals surface area contributed by atoms with E-state index in [-0.39, 0.29) is 5.96 Å². The summed E-state index contributed by atoms with van der Waals surface area (Å²) < 4.78 is 5.80. The van der Waals surface area contributed by atoms with Crippen molar-refractivity contribution >= 4 is 5.96 Å². The summed E-state index contributed by atoms with van der Waals surface area (Å²) in [5.74, 6) is 1.12. The standard InChI is InChI=1S/C15H24N4O/c1-12-3-4-14(11-13(12)2)20-10-9-18-5-7-19(8-6-18)15(16)17/h3-4,11H,5-10H2,1-2H3,(H3,16,17). The fourth-order valence-electron chi connectivity index (χ4n) is 2.31. The van der Waals surface area contributed by atoms with E-state index in [1.807, 2.05) is 11.0 Å². The molecule has 110 valence electrons. The molecule has 1 heterocycles. The van der Waals surface area contributed by atoms with E-state index in [9.17, 15) is 0 Å². The molecule has 1 aliphatic heterocycles. The van der Waals surface area contributed by atoms with Crippen molar-refractivity contribution < 1.29 is 4.74 Å². The summed E-state index contributed by atoms with van der Waals surface area (Å²) >= 11 is 0. The van der Waals surface area contributed by atoms with Gasteiger partial charge in [-0.15, -0.1) is 0 Å². The molecule has 1 aromatic carbocycles. The Balaban J connectivity index is 1.71. The van der Waals surface area contributed by atoms with Gasteiger partial charge in [0.25, 0.3) is 0 Å². The third-order valence-corrected chi connectivity index (χ3v) is 3.87. The van der Waals surface area contributed by atoms with Gasteiger partial charge in [-0.2, -0.15) is 0 Å². The summed E-state index contributed by atoms with van der Waals surface area (Å²) in [4.78, 5) is 4.25. The smallest absolute Gasteiger partial charge is 0.188 e. The Kier molecular flexibility index (Phi) is 4.84. The van der Waals surface area contributed by atoms with Crippen LogP contribution < -0.4 is 10.5 Å². The molecule has 3 N–H and O–H groups in total. The van der Waals surface area contributed by atoms with Crippen LogP contribution in [0.5, 0.6) is 5.75 Å². The second kappa shape index (κ2) is 6.61. The minimum Gasteiger partial charge on any atom is -0.492 e. The van der Waals surface area contributed by atoms with Gasteiger partial charge in [-0.3, -0.25) is 10.3 Å². The molecule has 1 fully saturated rings. The molecule has 0 aliphatic carbocycles. The van der Waals surface area contributed by atoms with E-state index in [2.05, 4.69) is 30.9 Å². The highest BCUT2D eigenvalue weighted by Gasteiger charge is 2.17. The minimum absolute atomic E-state index is 0.177. The third-order valence-electron chi connectivity index (χ3n) is 3.87. The van der Waals surface area contributed by atoms with Crippen LogP contribution in [-0.4, -0.2) is 55.1 Å². The predicted molar refractivity (Wildman–Crippen MR) is 81.3 cm³/mol. The number of guanidine groups is 1. The lowest BCUT2D eigenvalue weighted by molar-refractivity contribution is 0.153. The molecular formula is C15H24N4O. The second-order valence-corrected chi connectivity index (χ2v) is 5.31. The van der Waals surface area contributed by atoms with E-state index in [4.69, 9.17) is 15.9 Å². The second-order valence-electron chi connectivity index (χ2n) is 5.31. The zero-order valence-corrected chi connectivity index (χ0v) is 12.4. The molecule has 0 aromatic heterocycles. The number of nitrogens with one attached hydrogen (secondary N) is 1. The molecule has 0 unspecified atom stereocenters. The van der Waals surface area contributed by atoms with Gasteiger partial charge in [0.1, 0.15) is 12.4 Å². The van der Waals surface area contributed by atoms with E-state index >= 15 is 0 Å². The van der Waals surface area contributed by atoms with Crippen molar-refractivity contribution in [2.24, 2.45) is 5.73 Å². The maximum Gasteiger partial charge on any atom is 0.188 e. The number of benzene rings is 1. The number of aryl methyl sites for hydroxylation is 2. The van der Waals surface area contributed by atoms with Gasteiger partial charge in [0.2, 0.25) is 0 Å². The van der Waals surface area contributed by atoms with Crippen LogP contribution in [0.2, 0.25) is 0 Å². The Bertz CT molecular complexity index is 467.